The van der Waals surface area contributed by atoms with Crippen LogP contribution in [0, 0.1) is 5.41 Å². The van der Waals surface area contributed by atoms with Gasteiger partial charge in [0.15, 0.2) is 0 Å². The molecule has 3 atom stereocenters. The number of nitrogens with two attached hydrogens (primary N) is 1. The van der Waals surface area contributed by atoms with Crippen molar-refractivity contribution in [1.82, 2.24) is 31.2 Å². The Hall–Kier alpha value is -3.31. The molecule has 0 unspecified atom stereocenters. The standard InChI is InChI=1S/C24H35N7O4/c1-13(26-4)21(32)30-19(23(34)31-22(33)16-7-6-8-27-16)24(2,3)11-14-9-15-17(10-18(14)35-5)28-12-29-20(15)25/h9-10,12-13,16,19,26-27H,6-8,11H2,1-5H3,(H,30,32)(H2,25,28,29)(H,31,33,34)/t13-,16-,19+/m0/s1. The minimum Gasteiger partial charge on any atom is -0.496 e. The Balaban J connectivity index is 1.93. The number of imide groups is 1. The monoisotopic (exact) mass is 485 g/mol. The van der Waals surface area contributed by atoms with Crippen LogP contribution in [0.4, 0.5) is 5.82 Å². The lowest BCUT2D eigenvalue weighted by Crippen LogP contribution is -2.59. The van der Waals surface area contributed by atoms with E-state index in [0.717, 1.165) is 18.5 Å². The van der Waals surface area contributed by atoms with Crippen LogP contribution in [-0.2, 0) is 20.8 Å². The van der Waals surface area contributed by atoms with Crippen molar-refractivity contribution in [3.05, 3.63) is 24.0 Å². The van der Waals surface area contributed by atoms with Gasteiger partial charge in [-0.1, -0.05) is 13.8 Å². The summed E-state index contributed by atoms with van der Waals surface area (Å²) < 4.78 is 5.59. The van der Waals surface area contributed by atoms with Crippen LogP contribution < -0.4 is 31.7 Å². The minimum atomic E-state index is -0.999. The molecule has 1 aromatic heterocycles. The third-order valence-electron chi connectivity index (χ3n) is 6.49. The molecule has 0 aliphatic carbocycles. The summed E-state index contributed by atoms with van der Waals surface area (Å²) in [6.45, 7) is 6.13. The zero-order valence-corrected chi connectivity index (χ0v) is 20.9. The van der Waals surface area contributed by atoms with E-state index >= 15 is 0 Å². The molecule has 6 N–H and O–H groups in total. The molecule has 11 heteroatoms. The number of aromatic nitrogens is 2. The highest BCUT2D eigenvalue weighted by molar-refractivity contribution is 6.02. The maximum absolute atomic E-state index is 13.3. The average molecular weight is 486 g/mol. The second kappa shape index (κ2) is 11.0. The molecule has 1 fully saturated rings. The van der Waals surface area contributed by atoms with E-state index in [1.165, 1.54) is 6.33 Å². The van der Waals surface area contributed by atoms with Gasteiger partial charge in [0.05, 0.1) is 24.7 Å². The zero-order valence-electron chi connectivity index (χ0n) is 20.9. The van der Waals surface area contributed by atoms with Gasteiger partial charge in [0.25, 0.3) is 0 Å². The molecule has 1 aliphatic rings. The van der Waals surface area contributed by atoms with Crippen molar-refractivity contribution in [2.75, 3.05) is 26.4 Å². The fraction of sp³-hybridized carbons (Fsp3) is 0.542. The number of benzene rings is 1. The SMILES string of the molecule is CN[C@@H](C)C(=O)N[C@H](C(=O)NC(=O)[C@@H]1CCCN1)C(C)(C)Cc1cc2c(N)ncnc2cc1OC. The van der Waals surface area contributed by atoms with Gasteiger partial charge in [-0.05, 0) is 56.8 Å². The third-order valence-corrected chi connectivity index (χ3v) is 6.49. The van der Waals surface area contributed by atoms with Crippen molar-refractivity contribution < 1.29 is 19.1 Å². The summed E-state index contributed by atoms with van der Waals surface area (Å²) in [6, 6.07) is 1.66. The highest BCUT2D eigenvalue weighted by Crippen LogP contribution is 2.34. The molecule has 0 radical (unpaired) electrons. The molecular weight excluding hydrogens is 450 g/mol. The fourth-order valence-electron chi connectivity index (χ4n) is 4.27. The van der Waals surface area contributed by atoms with Gasteiger partial charge in [-0.3, -0.25) is 19.7 Å². The number of ether oxygens (including phenoxy) is 1. The lowest BCUT2D eigenvalue weighted by molar-refractivity contribution is -0.137. The second-order valence-corrected chi connectivity index (χ2v) is 9.56. The summed E-state index contributed by atoms with van der Waals surface area (Å²) in [5.74, 6) is -0.401. The molecule has 2 aromatic rings. The van der Waals surface area contributed by atoms with Crippen molar-refractivity contribution in [1.29, 1.82) is 0 Å². The molecule has 0 saturated carbocycles. The largest absolute Gasteiger partial charge is 0.496 e. The van der Waals surface area contributed by atoms with Gasteiger partial charge in [-0.25, -0.2) is 9.97 Å². The minimum absolute atomic E-state index is 0.330. The first-order valence-corrected chi connectivity index (χ1v) is 11.7. The van der Waals surface area contributed by atoms with Crippen LogP contribution in [0.25, 0.3) is 10.9 Å². The number of hydrogen-bond acceptors (Lipinski definition) is 9. The Morgan fingerprint density at radius 1 is 1.26 bits per heavy atom. The van der Waals surface area contributed by atoms with Crippen molar-refractivity contribution in [3.8, 4) is 5.75 Å². The Kier molecular flexibility index (Phi) is 8.23. The molecule has 35 heavy (non-hydrogen) atoms. The van der Waals surface area contributed by atoms with Crippen LogP contribution in [0.3, 0.4) is 0 Å². The molecule has 2 heterocycles. The molecule has 11 nitrogen and oxygen atoms in total. The molecule has 1 aromatic carbocycles. The van der Waals surface area contributed by atoms with Crippen LogP contribution in [0.5, 0.6) is 5.75 Å². The summed E-state index contributed by atoms with van der Waals surface area (Å²) in [5, 5.41) is 11.9. The number of nitrogens with zero attached hydrogens (tertiary/aromatic N) is 2. The molecule has 1 saturated heterocycles. The van der Waals surface area contributed by atoms with E-state index in [0.29, 0.717) is 35.3 Å². The first-order valence-electron chi connectivity index (χ1n) is 11.7. The molecular formula is C24H35N7O4. The Morgan fingerprint density at radius 3 is 2.63 bits per heavy atom. The molecule has 1 aliphatic heterocycles. The predicted octanol–water partition coefficient (Wildman–Crippen LogP) is 0.277. The van der Waals surface area contributed by atoms with Crippen LogP contribution >= 0.6 is 0 Å². The van der Waals surface area contributed by atoms with E-state index in [2.05, 4.69) is 31.2 Å². The first kappa shape index (κ1) is 26.3. The number of nitrogen functional groups attached to an aromatic ring is 1. The Morgan fingerprint density at radius 2 is 2.00 bits per heavy atom. The number of likely N-dealkylation sites (N-methyl/N-ethyl adjacent to an activating group) is 1. The quantitative estimate of drug-likeness (QED) is 0.336. The van der Waals surface area contributed by atoms with Crippen molar-refractivity contribution >= 4 is 34.4 Å². The van der Waals surface area contributed by atoms with Gasteiger partial charge in [0, 0.05) is 11.5 Å². The van der Waals surface area contributed by atoms with Crippen LogP contribution in [-0.4, -0.2) is 66.5 Å². The lowest BCUT2D eigenvalue weighted by Gasteiger charge is -2.35. The summed E-state index contributed by atoms with van der Waals surface area (Å²) in [5.41, 5.74) is 6.64. The normalized spacial score (nSPS) is 17.6. The zero-order chi connectivity index (χ0) is 25.8. The van der Waals surface area contributed by atoms with Gasteiger partial charge >= 0.3 is 0 Å². The molecule has 190 valence electrons. The van der Waals surface area contributed by atoms with E-state index in [1.807, 2.05) is 19.9 Å². The van der Waals surface area contributed by atoms with E-state index in [4.69, 9.17) is 10.5 Å². The lowest BCUT2D eigenvalue weighted by atomic mass is 9.77. The van der Waals surface area contributed by atoms with Gasteiger partial charge in [-0.2, -0.15) is 0 Å². The number of anilines is 1. The van der Waals surface area contributed by atoms with E-state index in [9.17, 15) is 14.4 Å². The number of carbonyl (C=O) groups is 3. The summed E-state index contributed by atoms with van der Waals surface area (Å²) in [7, 11) is 3.21. The van der Waals surface area contributed by atoms with Crippen molar-refractivity contribution in [2.24, 2.45) is 5.41 Å². The van der Waals surface area contributed by atoms with Gasteiger partial charge in [0.1, 0.15) is 23.9 Å². The van der Waals surface area contributed by atoms with Crippen molar-refractivity contribution in [3.63, 3.8) is 0 Å². The number of fused-ring (bicyclic) bond motifs is 1. The van der Waals surface area contributed by atoms with Gasteiger partial charge in [0.2, 0.25) is 17.7 Å². The second-order valence-electron chi connectivity index (χ2n) is 9.56. The molecule has 0 bridgehead atoms. The maximum Gasteiger partial charge on any atom is 0.249 e. The highest BCUT2D eigenvalue weighted by atomic mass is 16.5. The molecule has 3 rings (SSSR count). The van der Waals surface area contributed by atoms with E-state index < -0.39 is 35.4 Å². The highest BCUT2D eigenvalue weighted by Gasteiger charge is 2.39. The number of rotatable bonds is 9. The first-order chi connectivity index (χ1) is 16.6. The summed E-state index contributed by atoms with van der Waals surface area (Å²) >= 11 is 0. The van der Waals surface area contributed by atoms with Crippen LogP contribution in [0.15, 0.2) is 18.5 Å². The average Bonchev–Trinajstić information content (AvgIpc) is 3.36. The topological polar surface area (TPSA) is 160 Å². The van der Waals surface area contributed by atoms with E-state index in [1.54, 1.807) is 27.1 Å². The number of nitrogens with one attached hydrogen (secondary N) is 4. The fourth-order valence-corrected chi connectivity index (χ4v) is 4.27. The smallest absolute Gasteiger partial charge is 0.249 e. The number of hydrogen-bond donors (Lipinski definition) is 5. The molecule has 3 amide bonds. The summed E-state index contributed by atoms with van der Waals surface area (Å²) in [6.07, 6.45) is 3.25. The Bertz CT molecular complexity index is 1100. The van der Waals surface area contributed by atoms with Crippen LogP contribution in [0.2, 0.25) is 0 Å². The van der Waals surface area contributed by atoms with E-state index in [-0.39, 0.29) is 5.91 Å². The van der Waals surface area contributed by atoms with Gasteiger partial charge < -0.3 is 26.4 Å². The van der Waals surface area contributed by atoms with Gasteiger partial charge in [-0.15, -0.1) is 0 Å². The summed E-state index contributed by atoms with van der Waals surface area (Å²) in [4.78, 5) is 47.1. The number of methoxy groups -OCH3 is 1. The maximum atomic E-state index is 13.3. The molecule has 0 spiro atoms. The third kappa shape index (κ3) is 6.04. The number of amides is 3. The predicted molar refractivity (Wildman–Crippen MR) is 133 cm³/mol. The van der Waals surface area contributed by atoms with Crippen molar-refractivity contribution in [2.45, 2.75) is 58.2 Å². The number of carbonyl (C=O) groups excluding carboxylic acids is 3. The van der Waals surface area contributed by atoms with Crippen LogP contribution in [0.1, 0.15) is 39.2 Å². The Labute approximate surface area is 205 Å².